The molecule has 0 saturated carbocycles. The van der Waals surface area contributed by atoms with E-state index < -0.39 is 66.3 Å². The lowest BCUT2D eigenvalue weighted by molar-refractivity contribution is -0.144. The van der Waals surface area contributed by atoms with E-state index in [0.29, 0.717) is 0 Å². The number of carbonyl (C=O) groups is 5. The van der Waals surface area contributed by atoms with E-state index in [9.17, 15) is 29.1 Å². The highest BCUT2D eigenvalue weighted by Crippen LogP contribution is 2.18. The third kappa shape index (κ3) is 7.52. The number of aromatic amines is 1. The largest absolute Gasteiger partial charge is 0.480 e. The summed E-state index contributed by atoms with van der Waals surface area (Å²) in [6.07, 6.45) is -0.140. The van der Waals surface area contributed by atoms with Gasteiger partial charge in [0.05, 0.1) is 18.6 Å². The normalized spacial score (nSPS) is 15.3. The van der Waals surface area contributed by atoms with E-state index in [2.05, 4.69) is 15.6 Å². The molecule has 5 atom stereocenters. The molecule has 35 heavy (non-hydrogen) atoms. The van der Waals surface area contributed by atoms with Crippen LogP contribution in [0.3, 0.4) is 0 Å². The van der Waals surface area contributed by atoms with Crippen LogP contribution in [0.1, 0.15) is 25.8 Å². The lowest BCUT2D eigenvalue weighted by Gasteiger charge is -2.25. The average molecular weight is 491 g/mol. The zero-order chi connectivity index (χ0) is 26.3. The van der Waals surface area contributed by atoms with Crippen molar-refractivity contribution in [2.24, 2.45) is 11.5 Å². The van der Waals surface area contributed by atoms with Gasteiger partial charge < -0.3 is 42.6 Å². The molecule has 10 N–H and O–H groups in total. The van der Waals surface area contributed by atoms with Crippen molar-refractivity contribution in [3.8, 4) is 0 Å². The Morgan fingerprint density at radius 3 is 2.26 bits per heavy atom. The van der Waals surface area contributed by atoms with Crippen molar-refractivity contribution >= 4 is 40.5 Å². The molecule has 4 amide bonds. The monoisotopic (exact) mass is 490 g/mol. The van der Waals surface area contributed by atoms with Crippen LogP contribution in [0.25, 0.3) is 10.9 Å². The molecular formula is C22H30N6O7. The van der Waals surface area contributed by atoms with Crippen LogP contribution in [0.2, 0.25) is 0 Å². The van der Waals surface area contributed by atoms with Crippen LogP contribution in [0, 0.1) is 0 Å². The van der Waals surface area contributed by atoms with Gasteiger partial charge in [0.2, 0.25) is 23.6 Å². The summed E-state index contributed by atoms with van der Waals surface area (Å²) in [5.74, 6) is -4.95. The van der Waals surface area contributed by atoms with Crippen LogP contribution in [0.4, 0.5) is 0 Å². The zero-order valence-electron chi connectivity index (χ0n) is 19.3. The Kier molecular flexibility index (Phi) is 9.31. The zero-order valence-corrected chi connectivity index (χ0v) is 19.3. The highest BCUT2D eigenvalue weighted by atomic mass is 16.4. The lowest BCUT2D eigenvalue weighted by Crippen LogP contribution is -2.59. The fraction of sp³-hybridized carbons (Fsp3) is 0.409. The van der Waals surface area contributed by atoms with E-state index in [0.717, 1.165) is 16.5 Å². The molecule has 1 aromatic carbocycles. The number of para-hydroxylation sites is 1. The van der Waals surface area contributed by atoms with E-state index >= 15 is 0 Å². The standard InChI is InChI=1S/C22H30N6O7/c1-10(26-20(32)14(23)7-12-9-25-15-6-4-3-5-13(12)15)19(31)28-18(11(2)29)21(33)27-16(22(34)35)8-17(24)30/h3-6,9-11,14,16,18,25,29H,7-8,23H2,1-2H3,(H2,24,30)(H,26,32)(H,27,33)(H,28,31)(H,34,35). The summed E-state index contributed by atoms with van der Waals surface area (Å²) in [5.41, 5.74) is 12.7. The summed E-state index contributed by atoms with van der Waals surface area (Å²) in [6, 6.07) is 2.21. The highest BCUT2D eigenvalue weighted by Gasteiger charge is 2.32. The predicted octanol–water partition coefficient (Wildman–Crippen LogP) is -2.15. The molecule has 0 saturated heterocycles. The number of amides is 4. The van der Waals surface area contributed by atoms with Crippen LogP contribution < -0.4 is 27.4 Å². The molecule has 2 aromatic rings. The maximum atomic E-state index is 12.6. The van der Waals surface area contributed by atoms with Crippen LogP contribution in [0.5, 0.6) is 0 Å². The minimum Gasteiger partial charge on any atom is -0.480 e. The van der Waals surface area contributed by atoms with Crippen molar-refractivity contribution in [1.82, 2.24) is 20.9 Å². The van der Waals surface area contributed by atoms with Gasteiger partial charge in [-0.15, -0.1) is 0 Å². The number of carbonyl (C=O) groups excluding carboxylic acids is 4. The maximum Gasteiger partial charge on any atom is 0.326 e. The molecule has 2 rings (SSSR count). The van der Waals surface area contributed by atoms with Gasteiger partial charge in [-0.1, -0.05) is 18.2 Å². The number of hydrogen-bond donors (Lipinski definition) is 8. The summed E-state index contributed by atoms with van der Waals surface area (Å²) in [6.45, 7) is 2.56. The van der Waals surface area contributed by atoms with Gasteiger partial charge in [-0.2, -0.15) is 0 Å². The second-order valence-corrected chi connectivity index (χ2v) is 8.20. The number of primary amides is 1. The number of carboxylic acid groups (broad SMARTS) is 1. The first-order valence-corrected chi connectivity index (χ1v) is 10.8. The molecule has 0 aliphatic rings. The third-order valence-corrected chi connectivity index (χ3v) is 5.29. The van der Waals surface area contributed by atoms with E-state index in [1.807, 2.05) is 29.6 Å². The second-order valence-electron chi connectivity index (χ2n) is 8.20. The lowest BCUT2D eigenvalue weighted by atomic mass is 10.0. The summed E-state index contributed by atoms with van der Waals surface area (Å²) in [7, 11) is 0. The van der Waals surface area contributed by atoms with Gasteiger partial charge in [0, 0.05) is 17.1 Å². The first kappa shape index (κ1) is 27.3. The van der Waals surface area contributed by atoms with Gasteiger partial charge in [0.25, 0.3) is 0 Å². The number of aliphatic carboxylic acids is 1. The quantitative estimate of drug-likeness (QED) is 0.163. The van der Waals surface area contributed by atoms with Crippen molar-refractivity contribution < 1.29 is 34.2 Å². The summed E-state index contributed by atoms with van der Waals surface area (Å²) in [5, 5.41) is 26.7. The Bertz CT molecular complexity index is 1100. The number of benzene rings is 1. The number of fused-ring (bicyclic) bond motifs is 1. The van der Waals surface area contributed by atoms with Crippen molar-refractivity contribution in [3.05, 3.63) is 36.0 Å². The number of aliphatic hydroxyl groups excluding tert-OH is 1. The van der Waals surface area contributed by atoms with E-state index in [-0.39, 0.29) is 6.42 Å². The van der Waals surface area contributed by atoms with Gasteiger partial charge in [-0.3, -0.25) is 19.2 Å². The Morgan fingerprint density at radius 2 is 1.66 bits per heavy atom. The Balaban J connectivity index is 1.97. The minimum absolute atomic E-state index is 0.208. The molecule has 1 heterocycles. The number of carboxylic acids is 1. The molecule has 0 radical (unpaired) electrons. The molecule has 0 fully saturated rings. The number of aliphatic hydroxyl groups is 1. The van der Waals surface area contributed by atoms with E-state index in [1.54, 1.807) is 6.20 Å². The van der Waals surface area contributed by atoms with E-state index in [4.69, 9.17) is 16.6 Å². The third-order valence-electron chi connectivity index (χ3n) is 5.29. The van der Waals surface area contributed by atoms with Crippen molar-refractivity contribution in [2.45, 2.75) is 57.0 Å². The van der Waals surface area contributed by atoms with Crippen LogP contribution >= 0.6 is 0 Å². The number of rotatable bonds is 12. The number of aromatic nitrogens is 1. The molecule has 0 aliphatic carbocycles. The molecular weight excluding hydrogens is 460 g/mol. The van der Waals surface area contributed by atoms with Crippen LogP contribution in [-0.2, 0) is 30.4 Å². The Labute approximate surface area is 200 Å². The molecule has 1 aromatic heterocycles. The second kappa shape index (κ2) is 11.9. The number of H-pyrrole nitrogens is 1. The molecule has 13 heteroatoms. The number of nitrogens with one attached hydrogen (secondary N) is 4. The van der Waals surface area contributed by atoms with Gasteiger partial charge in [0.1, 0.15) is 18.1 Å². The van der Waals surface area contributed by atoms with Gasteiger partial charge in [-0.25, -0.2) is 4.79 Å². The molecule has 13 nitrogen and oxygen atoms in total. The van der Waals surface area contributed by atoms with Crippen LogP contribution in [0.15, 0.2) is 30.5 Å². The number of hydrogen-bond acceptors (Lipinski definition) is 7. The Hall–Kier alpha value is -3.97. The highest BCUT2D eigenvalue weighted by molar-refractivity contribution is 5.95. The molecule has 0 aliphatic heterocycles. The van der Waals surface area contributed by atoms with Crippen molar-refractivity contribution in [3.63, 3.8) is 0 Å². The van der Waals surface area contributed by atoms with Gasteiger partial charge in [0.15, 0.2) is 0 Å². The number of nitrogens with two attached hydrogens (primary N) is 2. The minimum atomic E-state index is -1.64. The van der Waals surface area contributed by atoms with Gasteiger partial charge >= 0.3 is 5.97 Å². The fourth-order valence-electron chi connectivity index (χ4n) is 3.36. The van der Waals surface area contributed by atoms with E-state index in [1.165, 1.54) is 13.8 Å². The Morgan fingerprint density at radius 1 is 1.00 bits per heavy atom. The SMILES string of the molecule is CC(NC(=O)C(N)Cc1c[nH]c2ccccc12)C(=O)NC(C(=O)NC(CC(N)=O)C(=O)O)C(C)O. The topological polar surface area (TPSA) is 230 Å². The summed E-state index contributed by atoms with van der Waals surface area (Å²) >= 11 is 0. The maximum absolute atomic E-state index is 12.6. The van der Waals surface area contributed by atoms with Crippen molar-refractivity contribution in [2.75, 3.05) is 0 Å². The molecule has 190 valence electrons. The molecule has 0 bridgehead atoms. The van der Waals surface area contributed by atoms with Crippen LogP contribution in [-0.4, -0.2) is 75.1 Å². The van der Waals surface area contributed by atoms with Crippen molar-refractivity contribution in [1.29, 1.82) is 0 Å². The predicted molar refractivity (Wildman–Crippen MR) is 125 cm³/mol. The summed E-state index contributed by atoms with van der Waals surface area (Å²) < 4.78 is 0. The summed E-state index contributed by atoms with van der Waals surface area (Å²) in [4.78, 5) is 62.9. The molecule has 0 spiro atoms. The first-order chi connectivity index (χ1) is 16.4. The first-order valence-electron chi connectivity index (χ1n) is 10.8. The molecule has 5 unspecified atom stereocenters. The smallest absolute Gasteiger partial charge is 0.326 e. The average Bonchev–Trinajstić information content (AvgIpc) is 3.18. The van der Waals surface area contributed by atoms with Gasteiger partial charge in [-0.05, 0) is 31.9 Å². The fourth-order valence-corrected chi connectivity index (χ4v) is 3.36.